The van der Waals surface area contributed by atoms with Crippen molar-refractivity contribution in [2.45, 2.75) is 6.61 Å². The summed E-state index contributed by atoms with van der Waals surface area (Å²) >= 11 is 0. The molecule has 0 spiro atoms. The lowest BCUT2D eigenvalue weighted by molar-refractivity contribution is 0.125. The molecule has 0 saturated carbocycles. The van der Waals surface area contributed by atoms with Crippen LogP contribution in [0.5, 0.6) is 0 Å². The summed E-state index contributed by atoms with van der Waals surface area (Å²) < 4.78 is 0. The third-order valence-electron chi connectivity index (χ3n) is 1.39. The minimum Gasteiger partial charge on any atom is -0.389 e. The average molecular weight is 134 g/mol. The Labute approximate surface area is 58.3 Å². The monoisotopic (exact) mass is 134 g/mol. The van der Waals surface area contributed by atoms with Gasteiger partial charge in [0, 0.05) is 11.8 Å². The minimum atomic E-state index is 0.493. The molecule has 0 N–H and O–H groups in total. The first-order valence-electron chi connectivity index (χ1n) is 3.06. The minimum absolute atomic E-state index is 0.493. The molecule has 50 valence electrons. The van der Waals surface area contributed by atoms with E-state index in [4.69, 9.17) is 4.84 Å². The molecule has 2 heterocycles. The molecule has 1 aromatic heterocycles. The summed E-state index contributed by atoms with van der Waals surface area (Å²) in [7, 11) is 0. The number of hydrogen-bond donors (Lipinski definition) is 0. The van der Waals surface area contributed by atoms with Crippen molar-refractivity contribution in [1.29, 1.82) is 0 Å². The molecule has 2 rings (SSSR count). The smallest absolute Gasteiger partial charge is 0.159 e. The molecule has 3 nitrogen and oxygen atoms in total. The first-order chi connectivity index (χ1) is 4.97. The number of oxime groups is 1. The van der Waals surface area contributed by atoms with Crippen LogP contribution in [0, 0.1) is 0 Å². The fraction of sp³-hybridized carbons (Fsp3) is 0.143. The van der Waals surface area contributed by atoms with Crippen LogP contribution in [-0.4, -0.2) is 11.2 Å². The van der Waals surface area contributed by atoms with Gasteiger partial charge in [0.05, 0.1) is 11.9 Å². The number of fused-ring (bicyclic) bond motifs is 1. The summed E-state index contributed by atoms with van der Waals surface area (Å²) in [4.78, 5) is 8.91. The Hall–Kier alpha value is -1.38. The first kappa shape index (κ1) is 5.41. The summed E-state index contributed by atoms with van der Waals surface area (Å²) in [5.74, 6) is 0. The van der Waals surface area contributed by atoms with Crippen molar-refractivity contribution in [3.05, 3.63) is 29.6 Å². The maximum Gasteiger partial charge on any atom is 0.159 e. The standard InChI is InChI=1S/C7H6N2O/c1-2-6-4-9-10-5-7(6)8-3-1/h1-4H,5H2. The van der Waals surface area contributed by atoms with Crippen LogP contribution >= 0.6 is 0 Å². The normalized spacial score (nSPS) is 14.0. The molecule has 10 heavy (non-hydrogen) atoms. The van der Waals surface area contributed by atoms with E-state index in [0.29, 0.717) is 6.61 Å². The highest BCUT2D eigenvalue weighted by Gasteiger charge is 2.04. The second kappa shape index (κ2) is 2.10. The number of hydrogen-bond acceptors (Lipinski definition) is 3. The number of aromatic nitrogens is 1. The van der Waals surface area contributed by atoms with E-state index in [-0.39, 0.29) is 0 Å². The van der Waals surface area contributed by atoms with Crippen molar-refractivity contribution in [3.8, 4) is 0 Å². The van der Waals surface area contributed by atoms with Gasteiger partial charge in [0.2, 0.25) is 0 Å². The number of rotatable bonds is 0. The topological polar surface area (TPSA) is 34.5 Å². The van der Waals surface area contributed by atoms with Crippen molar-refractivity contribution >= 4 is 6.21 Å². The van der Waals surface area contributed by atoms with Crippen molar-refractivity contribution < 1.29 is 4.84 Å². The molecule has 1 aliphatic heterocycles. The van der Waals surface area contributed by atoms with Crippen molar-refractivity contribution in [2.24, 2.45) is 5.16 Å². The van der Waals surface area contributed by atoms with E-state index < -0.39 is 0 Å². The fourth-order valence-corrected chi connectivity index (χ4v) is 0.881. The third kappa shape index (κ3) is 0.757. The molecule has 0 bridgehead atoms. The van der Waals surface area contributed by atoms with Crippen molar-refractivity contribution in [2.75, 3.05) is 0 Å². The lowest BCUT2D eigenvalue weighted by atomic mass is 10.2. The zero-order chi connectivity index (χ0) is 6.81. The number of nitrogens with zero attached hydrogens (tertiary/aromatic N) is 2. The van der Waals surface area contributed by atoms with E-state index in [1.54, 1.807) is 12.4 Å². The second-order valence-corrected chi connectivity index (χ2v) is 2.05. The first-order valence-corrected chi connectivity index (χ1v) is 3.06. The van der Waals surface area contributed by atoms with E-state index >= 15 is 0 Å². The summed E-state index contributed by atoms with van der Waals surface area (Å²) in [5.41, 5.74) is 2.01. The molecule has 0 radical (unpaired) electrons. The zero-order valence-corrected chi connectivity index (χ0v) is 5.32. The van der Waals surface area contributed by atoms with Crippen molar-refractivity contribution in [1.82, 2.24) is 4.98 Å². The molecule has 1 aliphatic rings. The Kier molecular flexibility index (Phi) is 1.13. The van der Waals surface area contributed by atoms with Gasteiger partial charge in [0.1, 0.15) is 0 Å². The van der Waals surface area contributed by atoms with Gasteiger partial charge in [-0.05, 0) is 12.1 Å². The molecular formula is C7H6N2O. The summed E-state index contributed by atoms with van der Waals surface area (Å²) in [6, 6.07) is 3.85. The van der Waals surface area contributed by atoms with Gasteiger partial charge in [-0.25, -0.2) is 0 Å². The largest absolute Gasteiger partial charge is 0.389 e. The van der Waals surface area contributed by atoms with Crippen LogP contribution in [0.4, 0.5) is 0 Å². The highest BCUT2D eigenvalue weighted by molar-refractivity contribution is 5.80. The van der Waals surface area contributed by atoms with E-state index in [1.807, 2.05) is 12.1 Å². The quantitative estimate of drug-likeness (QED) is 0.529. The fourth-order valence-electron chi connectivity index (χ4n) is 0.881. The van der Waals surface area contributed by atoms with Gasteiger partial charge in [-0.2, -0.15) is 0 Å². The van der Waals surface area contributed by atoms with Gasteiger partial charge < -0.3 is 4.84 Å². The van der Waals surface area contributed by atoms with Gasteiger partial charge in [-0.15, -0.1) is 0 Å². The Morgan fingerprint density at radius 3 is 3.40 bits per heavy atom. The highest BCUT2D eigenvalue weighted by Crippen LogP contribution is 2.07. The van der Waals surface area contributed by atoms with Gasteiger partial charge in [-0.1, -0.05) is 5.16 Å². The zero-order valence-electron chi connectivity index (χ0n) is 5.32. The molecule has 0 aromatic carbocycles. The Bertz CT molecular complexity index is 270. The molecule has 0 amide bonds. The van der Waals surface area contributed by atoms with Crippen molar-refractivity contribution in [3.63, 3.8) is 0 Å². The molecular weight excluding hydrogens is 128 g/mol. The molecule has 3 heteroatoms. The van der Waals surface area contributed by atoms with Gasteiger partial charge >= 0.3 is 0 Å². The van der Waals surface area contributed by atoms with E-state index in [9.17, 15) is 0 Å². The predicted molar refractivity (Wildman–Crippen MR) is 36.6 cm³/mol. The Morgan fingerprint density at radius 1 is 1.50 bits per heavy atom. The van der Waals surface area contributed by atoms with E-state index in [1.165, 1.54) is 0 Å². The number of pyridine rings is 1. The third-order valence-corrected chi connectivity index (χ3v) is 1.39. The Morgan fingerprint density at radius 2 is 2.50 bits per heavy atom. The maximum absolute atomic E-state index is 4.80. The van der Waals surface area contributed by atoms with Crippen LogP contribution in [0.15, 0.2) is 23.5 Å². The summed E-state index contributed by atoms with van der Waals surface area (Å²) in [6.45, 7) is 0.493. The van der Waals surface area contributed by atoms with Crippen LogP contribution in [-0.2, 0) is 11.4 Å². The lowest BCUT2D eigenvalue weighted by Gasteiger charge is -2.06. The van der Waals surface area contributed by atoms with Crippen LogP contribution in [0.2, 0.25) is 0 Å². The Balaban J connectivity index is 2.54. The van der Waals surface area contributed by atoms with Crippen LogP contribution in [0.3, 0.4) is 0 Å². The lowest BCUT2D eigenvalue weighted by Crippen LogP contribution is -2.02. The molecule has 0 saturated heterocycles. The second-order valence-electron chi connectivity index (χ2n) is 2.05. The predicted octanol–water partition coefficient (Wildman–Crippen LogP) is 0.946. The molecule has 1 aromatic rings. The molecule has 0 unspecified atom stereocenters. The highest BCUT2D eigenvalue weighted by atomic mass is 16.6. The van der Waals surface area contributed by atoms with Gasteiger partial charge in [0.25, 0.3) is 0 Å². The SMILES string of the molecule is C1=NOCc2ncccc21. The van der Waals surface area contributed by atoms with Crippen LogP contribution in [0.1, 0.15) is 11.3 Å². The maximum atomic E-state index is 4.80. The average Bonchev–Trinajstić information content (AvgIpc) is 2.05. The van der Waals surface area contributed by atoms with Gasteiger partial charge in [0.15, 0.2) is 6.61 Å². The van der Waals surface area contributed by atoms with E-state index in [2.05, 4.69) is 10.1 Å². The van der Waals surface area contributed by atoms with Gasteiger partial charge in [-0.3, -0.25) is 4.98 Å². The molecule has 0 atom stereocenters. The van der Waals surface area contributed by atoms with E-state index in [0.717, 1.165) is 11.3 Å². The van der Waals surface area contributed by atoms with Crippen LogP contribution in [0.25, 0.3) is 0 Å². The summed E-state index contributed by atoms with van der Waals surface area (Å²) in [5, 5.41) is 3.65. The summed E-state index contributed by atoms with van der Waals surface area (Å²) in [6.07, 6.45) is 3.42. The molecule has 0 fully saturated rings. The van der Waals surface area contributed by atoms with Crippen LogP contribution < -0.4 is 0 Å². The molecule has 0 aliphatic carbocycles.